The number of anilines is 1. The van der Waals surface area contributed by atoms with E-state index in [1.165, 1.54) is 0 Å². The topological polar surface area (TPSA) is 76.3 Å². The second-order valence-corrected chi connectivity index (χ2v) is 10.7. The summed E-state index contributed by atoms with van der Waals surface area (Å²) in [5.41, 5.74) is 8.33. The lowest BCUT2D eigenvalue weighted by molar-refractivity contribution is 0.364. The molecule has 2 aliphatic rings. The van der Waals surface area contributed by atoms with Gasteiger partial charge in [0.05, 0.1) is 10.9 Å². The van der Waals surface area contributed by atoms with Gasteiger partial charge in [0.1, 0.15) is 11.2 Å². The van der Waals surface area contributed by atoms with Gasteiger partial charge in [0.15, 0.2) is 11.6 Å². The molecule has 3 aromatic rings. The first kappa shape index (κ1) is 23.2. The third kappa shape index (κ3) is 5.25. The number of benzene rings is 1. The second kappa shape index (κ2) is 10.8. The average Bonchev–Trinajstić information content (AvgIpc) is 3.22. The smallest absolute Gasteiger partial charge is 0.178 e. The highest BCUT2D eigenvalue weighted by molar-refractivity contribution is 8.03. The standard InChI is InChI=1S/C26H29N5OS2/c1-18-17-33-26(27)31(18)25-23(32-20-7-3-2-4-8-20)15-21(16-30-25)34-24(19-10-13-28-14-11-19)22-9-5-6-12-29-22/h2-9,12,15-17,19,24,26,28H,10-11,13-14,27H2,1H3. The molecule has 176 valence electrons. The number of para-hydroxylation sites is 1. The third-order valence-corrected chi connectivity index (χ3v) is 8.42. The van der Waals surface area contributed by atoms with Crippen LogP contribution in [0.4, 0.5) is 5.82 Å². The van der Waals surface area contributed by atoms with E-state index in [0.29, 0.717) is 11.7 Å². The third-order valence-electron chi connectivity index (χ3n) is 6.07. The molecule has 0 aliphatic carbocycles. The van der Waals surface area contributed by atoms with Crippen LogP contribution in [0, 0.1) is 5.92 Å². The molecule has 0 saturated carbocycles. The van der Waals surface area contributed by atoms with E-state index >= 15 is 0 Å². The van der Waals surface area contributed by atoms with Gasteiger partial charge in [-0.15, -0.1) is 11.8 Å². The van der Waals surface area contributed by atoms with Crippen LogP contribution in [-0.4, -0.2) is 28.6 Å². The number of ether oxygens (including phenoxy) is 1. The van der Waals surface area contributed by atoms with Gasteiger partial charge < -0.3 is 20.7 Å². The molecule has 5 rings (SSSR count). The van der Waals surface area contributed by atoms with E-state index in [2.05, 4.69) is 28.9 Å². The van der Waals surface area contributed by atoms with E-state index in [1.54, 1.807) is 11.8 Å². The number of allylic oxidation sites excluding steroid dienone is 1. The molecule has 0 radical (unpaired) electrons. The van der Waals surface area contributed by atoms with Crippen LogP contribution in [0.15, 0.2) is 83.0 Å². The van der Waals surface area contributed by atoms with Gasteiger partial charge in [0, 0.05) is 23.0 Å². The minimum absolute atomic E-state index is 0.222. The van der Waals surface area contributed by atoms with Crippen molar-refractivity contribution in [2.75, 3.05) is 18.0 Å². The molecule has 2 unspecified atom stereocenters. The predicted molar refractivity (Wildman–Crippen MR) is 141 cm³/mol. The normalized spacial score (nSPS) is 19.6. The van der Waals surface area contributed by atoms with Crippen LogP contribution in [0.1, 0.15) is 30.7 Å². The van der Waals surface area contributed by atoms with Gasteiger partial charge in [0.25, 0.3) is 0 Å². The fourth-order valence-corrected chi connectivity index (χ4v) is 6.51. The zero-order chi connectivity index (χ0) is 23.3. The first-order chi connectivity index (χ1) is 16.7. The Hall–Kier alpha value is -2.52. The molecule has 8 heteroatoms. The van der Waals surface area contributed by atoms with Crippen molar-refractivity contribution in [1.29, 1.82) is 0 Å². The van der Waals surface area contributed by atoms with Crippen LogP contribution in [0.3, 0.4) is 0 Å². The van der Waals surface area contributed by atoms with Gasteiger partial charge in [-0.1, -0.05) is 36.0 Å². The Morgan fingerprint density at radius 2 is 1.91 bits per heavy atom. The van der Waals surface area contributed by atoms with E-state index in [1.807, 2.05) is 72.4 Å². The number of aromatic nitrogens is 2. The molecule has 2 aliphatic heterocycles. The van der Waals surface area contributed by atoms with Crippen molar-refractivity contribution in [2.45, 2.75) is 35.4 Å². The zero-order valence-electron chi connectivity index (χ0n) is 19.1. The summed E-state index contributed by atoms with van der Waals surface area (Å²) < 4.78 is 6.36. The lowest BCUT2D eigenvalue weighted by Crippen LogP contribution is -2.35. The van der Waals surface area contributed by atoms with Crippen LogP contribution in [0.25, 0.3) is 0 Å². The van der Waals surface area contributed by atoms with E-state index in [0.717, 1.165) is 53.8 Å². The fraction of sp³-hybridized carbons (Fsp3) is 0.308. The van der Waals surface area contributed by atoms with Crippen molar-refractivity contribution in [2.24, 2.45) is 11.7 Å². The summed E-state index contributed by atoms with van der Waals surface area (Å²) in [4.78, 5) is 12.7. The van der Waals surface area contributed by atoms with Gasteiger partial charge in [-0.05, 0) is 74.5 Å². The van der Waals surface area contributed by atoms with Crippen LogP contribution in [-0.2, 0) is 0 Å². The van der Waals surface area contributed by atoms with Crippen molar-refractivity contribution in [1.82, 2.24) is 15.3 Å². The number of hydrogen-bond donors (Lipinski definition) is 2. The molecule has 0 bridgehead atoms. The van der Waals surface area contributed by atoms with Gasteiger partial charge in [-0.3, -0.25) is 4.98 Å². The minimum atomic E-state index is -0.222. The van der Waals surface area contributed by atoms with Crippen molar-refractivity contribution >= 4 is 29.3 Å². The molecule has 6 nitrogen and oxygen atoms in total. The zero-order valence-corrected chi connectivity index (χ0v) is 20.8. The summed E-state index contributed by atoms with van der Waals surface area (Å²) in [5.74, 6) is 2.75. The van der Waals surface area contributed by atoms with Gasteiger partial charge in [-0.25, -0.2) is 4.98 Å². The van der Waals surface area contributed by atoms with E-state index in [9.17, 15) is 0 Å². The molecule has 3 N–H and O–H groups in total. The maximum Gasteiger partial charge on any atom is 0.178 e. The van der Waals surface area contributed by atoms with Crippen LogP contribution < -0.4 is 20.7 Å². The Labute approximate surface area is 209 Å². The first-order valence-corrected chi connectivity index (χ1v) is 13.4. The number of piperidine rings is 1. The summed E-state index contributed by atoms with van der Waals surface area (Å²) in [7, 11) is 0. The fourth-order valence-electron chi connectivity index (χ4n) is 4.37. The van der Waals surface area contributed by atoms with E-state index in [-0.39, 0.29) is 10.7 Å². The van der Waals surface area contributed by atoms with E-state index < -0.39 is 0 Å². The van der Waals surface area contributed by atoms with Gasteiger partial charge >= 0.3 is 0 Å². The molecule has 1 saturated heterocycles. The number of rotatable bonds is 7. The highest BCUT2D eigenvalue weighted by Crippen LogP contribution is 2.46. The number of hydrogen-bond acceptors (Lipinski definition) is 8. The van der Waals surface area contributed by atoms with Crippen molar-refractivity contribution in [3.05, 3.63) is 83.8 Å². The maximum atomic E-state index is 6.38. The quantitative estimate of drug-likeness (QED) is 0.404. The molecule has 34 heavy (non-hydrogen) atoms. The highest BCUT2D eigenvalue weighted by Gasteiger charge is 2.30. The van der Waals surface area contributed by atoms with E-state index in [4.69, 9.17) is 20.4 Å². The molecule has 0 amide bonds. The van der Waals surface area contributed by atoms with Gasteiger partial charge in [-0.2, -0.15) is 0 Å². The molecule has 2 aromatic heterocycles. The number of nitrogens with zero attached hydrogens (tertiary/aromatic N) is 3. The Kier molecular flexibility index (Phi) is 7.39. The Morgan fingerprint density at radius 1 is 1.12 bits per heavy atom. The Balaban J connectivity index is 1.49. The summed E-state index contributed by atoms with van der Waals surface area (Å²) >= 11 is 3.40. The Bertz CT molecular complexity index is 1120. The van der Waals surface area contributed by atoms with Crippen molar-refractivity contribution < 1.29 is 4.74 Å². The Morgan fingerprint density at radius 3 is 2.62 bits per heavy atom. The summed E-state index contributed by atoms with van der Waals surface area (Å²) in [6, 6.07) is 18.1. The molecular weight excluding hydrogens is 462 g/mol. The lowest BCUT2D eigenvalue weighted by atomic mass is 9.92. The second-order valence-electron chi connectivity index (χ2n) is 8.44. The first-order valence-electron chi connectivity index (χ1n) is 11.6. The van der Waals surface area contributed by atoms with Crippen LogP contribution in [0.2, 0.25) is 0 Å². The molecular formula is C26H29N5OS2. The number of thioether (sulfide) groups is 2. The minimum Gasteiger partial charge on any atom is -0.453 e. The molecule has 0 spiro atoms. The van der Waals surface area contributed by atoms with Crippen LogP contribution in [0.5, 0.6) is 11.5 Å². The lowest BCUT2D eigenvalue weighted by Gasteiger charge is -2.30. The van der Waals surface area contributed by atoms with Crippen molar-refractivity contribution in [3.8, 4) is 11.5 Å². The molecule has 1 fully saturated rings. The summed E-state index contributed by atoms with van der Waals surface area (Å²) in [6.45, 7) is 4.14. The number of pyridine rings is 2. The predicted octanol–water partition coefficient (Wildman–Crippen LogP) is 5.76. The number of nitrogens with two attached hydrogens (primary N) is 1. The number of nitrogens with one attached hydrogen (secondary N) is 1. The van der Waals surface area contributed by atoms with Crippen LogP contribution >= 0.6 is 23.5 Å². The SMILES string of the molecule is CC1=CSC(N)N1c1ncc(SC(c2ccccn2)C2CCNCC2)cc1Oc1ccccc1. The summed E-state index contributed by atoms with van der Waals surface area (Å²) in [5, 5.41) is 5.80. The molecule has 1 aromatic carbocycles. The molecule has 2 atom stereocenters. The summed E-state index contributed by atoms with van der Waals surface area (Å²) in [6.07, 6.45) is 6.10. The average molecular weight is 492 g/mol. The molecule has 4 heterocycles. The largest absolute Gasteiger partial charge is 0.453 e. The van der Waals surface area contributed by atoms with Gasteiger partial charge in [0.2, 0.25) is 0 Å². The van der Waals surface area contributed by atoms with Crippen molar-refractivity contribution in [3.63, 3.8) is 0 Å². The highest BCUT2D eigenvalue weighted by atomic mass is 32.2. The monoisotopic (exact) mass is 491 g/mol. The maximum absolute atomic E-state index is 6.38.